The summed E-state index contributed by atoms with van der Waals surface area (Å²) in [5, 5.41) is 6.61. The first kappa shape index (κ1) is 22.4. The summed E-state index contributed by atoms with van der Waals surface area (Å²) in [7, 11) is 1.97. The maximum absolute atomic E-state index is 13.3. The number of hydrogen-bond donors (Lipinski definition) is 2. The predicted octanol–water partition coefficient (Wildman–Crippen LogP) is 2.65. The van der Waals surface area contributed by atoms with Crippen molar-refractivity contribution in [3.63, 3.8) is 0 Å². The van der Waals surface area contributed by atoms with E-state index in [1.54, 1.807) is 12.1 Å². The molecular weight excluding hydrogens is 359 g/mol. The average Bonchev–Trinajstić information content (AvgIpc) is 3.21. The van der Waals surface area contributed by atoms with Gasteiger partial charge in [0.1, 0.15) is 5.82 Å². The van der Waals surface area contributed by atoms with E-state index in [1.807, 2.05) is 18.0 Å². The van der Waals surface area contributed by atoms with Crippen molar-refractivity contribution in [2.75, 3.05) is 64.6 Å². The largest absolute Gasteiger partial charge is 0.381 e. The summed E-state index contributed by atoms with van der Waals surface area (Å²) in [5.41, 5.74) is 0.887. The molecule has 7 heteroatoms. The third-order valence-electron chi connectivity index (χ3n) is 4.65. The molecule has 1 aromatic carbocycles. The molecule has 1 atom stereocenters. The minimum atomic E-state index is -0.207. The zero-order chi connectivity index (χ0) is 20.0. The van der Waals surface area contributed by atoms with E-state index in [2.05, 4.69) is 22.5 Å². The zero-order valence-corrected chi connectivity index (χ0v) is 17.3. The van der Waals surface area contributed by atoms with Gasteiger partial charge >= 0.3 is 0 Å². The van der Waals surface area contributed by atoms with Crippen molar-refractivity contribution >= 4 is 11.6 Å². The Kier molecular flexibility index (Phi) is 10.7. The zero-order valence-electron chi connectivity index (χ0n) is 17.3. The lowest BCUT2D eigenvalue weighted by Gasteiger charge is -2.19. The number of nitrogens with one attached hydrogen (secondary N) is 2. The SMILES string of the molecule is CCNC(=NCCCN(C)c1cccc(F)c1)NCCCOCC1CCOC1. The molecule has 0 saturated carbocycles. The highest BCUT2D eigenvalue weighted by atomic mass is 19.1. The van der Waals surface area contributed by atoms with Crippen LogP contribution in [-0.2, 0) is 9.47 Å². The number of guanidine groups is 1. The number of hydrogen-bond acceptors (Lipinski definition) is 4. The Morgan fingerprint density at radius 1 is 1.36 bits per heavy atom. The standard InChI is InChI=1S/C21H35FN4O2/c1-3-23-21(25-11-6-13-27-16-18-9-14-28-17-18)24-10-5-12-26(2)20-8-4-7-19(22)15-20/h4,7-8,15,18H,3,5-6,9-14,16-17H2,1-2H3,(H2,23,24,25). The fraction of sp³-hybridized carbons (Fsp3) is 0.667. The van der Waals surface area contributed by atoms with Crippen LogP contribution in [0.3, 0.4) is 0 Å². The highest BCUT2D eigenvalue weighted by molar-refractivity contribution is 5.79. The van der Waals surface area contributed by atoms with Gasteiger partial charge in [-0.3, -0.25) is 4.99 Å². The molecule has 0 aliphatic carbocycles. The van der Waals surface area contributed by atoms with Crippen LogP contribution in [0.1, 0.15) is 26.2 Å². The van der Waals surface area contributed by atoms with Gasteiger partial charge < -0.3 is 25.0 Å². The van der Waals surface area contributed by atoms with Crippen LogP contribution in [0.2, 0.25) is 0 Å². The normalized spacial score (nSPS) is 17.0. The second-order valence-corrected chi connectivity index (χ2v) is 7.10. The highest BCUT2D eigenvalue weighted by Crippen LogP contribution is 2.14. The van der Waals surface area contributed by atoms with Crippen LogP contribution in [0.5, 0.6) is 0 Å². The first-order valence-electron chi connectivity index (χ1n) is 10.3. The third-order valence-corrected chi connectivity index (χ3v) is 4.65. The lowest BCUT2D eigenvalue weighted by molar-refractivity contribution is 0.0888. The molecule has 1 unspecified atom stereocenters. The van der Waals surface area contributed by atoms with E-state index in [0.29, 0.717) is 12.5 Å². The fourth-order valence-corrected chi connectivity index (χ4v) is 3.03. The Balaban J connectivity index is 1.58. The molecule has 1 aliphatic rings. The predicted molar refractivity (Wildman–Crippen MR) is 113 cm³/mol. The lowest BCUT2D eigenvalue weighted by Crippen LogP contribution is -2.38. The minimum Gasteiger partial charge on any atom is -0.381 e. The van der Waals surface area contributed by atoms with E-state index < -0.39 is 0 Å². The van der Waals surface area contributed by atoms with Crippen molar-refractivity contribution in [3.8, 4) is 0 Å². The molecule has 1 aromatic rings. The minimum absolute atomic E-state index is 0.207. The number of aliphatic imine (C=N–C) groups is 1. The van der Waals surface area contributed by atoms with E-state index >= 15 is 0 Å². The van der Waals surface area contributed by atoms with Crippen molar-refractivity contribution in [2.24, 2.45) is 10.9 Å². The summed E-state index contributed by atoms with van der Waals surface area (Å²) >= 11 is 0. The maximum Gasteiger partial charge on any atom is 0.191 e. The number of anilines is 1. The molecular formula is C21H35FN4O2. The summed E-state index contributed by atoms with van der Waals surface area (Å²) in [6.07, 6.45) is 2.96. The molecule has 2 N–H and O–H groups in total. The first-order valence-corrected chi connectivity index (χ1v) is 10.3. The van der Waals surface area contributed by atoms with Crippen LogP contribution >= 0.6 is 0 Å². The molecule has 1 saturated heterocycles. The number of rotatable bonds is 12. The fourth-order valence-electron chi connectivity index (χ4n) is 3.03. The second-order valence-electron chi connectivity index (χ2n) is 7.10. The molecule has 0 radical (unpaired) electrons. The Labute approximate surface area is 168 Å². The van der Waals surface area contributed by atoms with Gasteiger partial charge in [-0.05, 0) is 44.4 Å². The lowest BCUT2D eigenvalue weighted by atomic mass is 10.1. The topological polar surface area (TPSA) is 58.1 Å². The van der Waals surface area contributed by atoms with Crippen molar-refractivity contribution < 1.29 is 13.9 Å². The Bertz CT molecular complexity index is 579. The summed E-state index contributed by atoms with van der Waals surface area (Å²) < 4.78 is 24.4. The van der Waals surface area contributed by atoms with Crippen LogP contribution in [0.4, 0.5) is 10.1 Å². The van der Waals surface area contributed by atoms with Gasteiger partial charge in [0.05, 0.1) is 13.2 Å². The van der Waals surface area contributed by atoms with Crippen LogP contribution < -0.4 is 15.5 Å². The van der Waals surface area contributed by atoms with Gasteiger partial charge in [0.25, 0.3) is 0 Å². The number of nitrogens with zero attached hydrogens (tertiary/aromatic N) is 2. The van der Waals surface area contributed by atoms with E-state index in [1.165, 1.54) is 6.07 Å². The summed E-state index contributed by atoms with van der Waals surface area (Å²) in [4.78, 5) is 6.66. The van der Waals surface area contributed by atoms with Crippen LogP contribution in [-0.4, -0.2) is 65.6 Å². The van der Waals surface area contributed by atoms with Gasteiger partial charge in [-0.1, -0.05) is 6.07 Å². The molecule has 0 aromatic heterocycles. The quantitative estimate of drug-likeness (QED) is 0.324. The summed E-state index contributed by atoms with van der Waals surface area (Å²) in [5.74, 6) is 1.19. The van der Waals surface area contributed by atoms with Crippen molar-refractivity contribution in [3.05, 3.63) is 30.1 Å². The number of halogens is 1. The molecule has 0 bridgehead atoms. The van der Waals surface area contributed by atoms with Crippen LogP contribution in [0.15, 0.2) is 29.3 Å². The maximum atomic E-state index is 13.3. The number of ether oxygens (including phenoxy) is 2. The van der Waals surface area contributed by atoms with Gasteiger partial charge in [0.2, 0.25) is 0 Å². The van der Waals surface area contributed by atoms with E-state index in [0.717, 1.165) is 77.0 Å². The molecule has 1 aliphatic heterocycles. The van der Waals surface area contributed by atoms with Gasteiger partial charge in [-0.15, -0.1) is 0 Å². The van der Waals surface area contributed by atoms with Crippen molar-refractivity contribution in [1.29, 1.82) is 0 Å². The molecule has 1 heterocycles. The second kappa shape index (κ2) is 13.3. The van der Waals surface area contributed by atoms with E-state index in [9.17, 15) is 4.39 Å². The Hall–Kier alpha value is -1.86. The average molecular weight is 395 g/mol. The number of benzene rings is 1. The van der Waals surface area contributed by atoms with Gasteiger partial charge in [0.15, 0.2) is 5.96 Å². The monoisotopic (exact) mass is 394 g/mol. The molecule has 0 amide bonds. The molecule has 1 fully saturated rings. The summed E-state index contributed by atoms with van der Waals surface area (Å²) in [6, 6.07) is 6.67. The Morgan fingerprint density at radius 3 is 3.00 bits per heavy atom. The molecule has 6 nitrogen and oxygen atoms in total. The smallest absolute Gasteiger partial charge is 0.191 e. The highest BCUT2D eigenvalue weighted by Gasteiger charge is 2.15. The molecule has 28 heavy (non-hydrogen) atoms. The van der Waals surface area contributed by atoms with Gasteiger partial charge in [0, 0.05) is 58.0 Å². The van der Waals surface area contributed by atoms with Gasteiger partial charge in [-0.2, -0.15) is 0 Å². The molecule has 0 spiro atoms. The van der Waals surface area contributed by atoms with Gasteiger partial charge in [-0.25, -0.2) is 4.39 Å². The van der Waals surface area contributed by atoms with Crippen molar-refractivity contribution in [2.45, 2.75) is 26.2 Å². The van der Waals surface area contributed by atoms with E-state index in [4.69, 9.17) is 9.47 Å². The molecule has 2 rings (SSSR count). The van der Waals surface area contributed by atoms with Crippen LogP contribution in [0, 0.1) is 11.7 Å². The van der Waals surface area contributed by atoms with Crippen LogP contribution in [0.25, 0.3) is 0 Å². The third kappa shape index (κ3) is 8.89. The first-order chi connectivity index (χ1) is 13.7. The van der Waals surface area contributed by atoms with Crippen molar-refractivity contribution in [1.82, 2.24) is 10.6 Å². The molecule has 158 valence electrons. The Morgan fingerprint density at radius 2 is 2.25 bits per heavy atom. The summed E-state index contributed by atoms with van der Waals surface area (Å²) in [6.45, 7) is 8.51. The van der Waals surface area contributed by atoms with E-state index in [-0.39, 0.29) is 5.82 Å².